The number of allylic oxidation sites excluding steroid dienone is 2. The smallest absolute Gasteiger partial charge is 0.0651 e. The Morgan fingerprint density at radius 2 is 1.12 bits per heavy atom. The van der Waals surface area contributed by atoms with Crippen molar-refractivity contribution in [2.45, 2.75) is 138 Å². The lowest BCUT2D eigenvalue weighted by atomic mass is 9.96. The van der Waals surface area contributed by atoms with Crippen LogP contribution < -0.4 is 49.9 Å². The molecule has 2 aromatic rings. The summed E-state index contributed by atoms with van der Waals surface area (Å²) in [6, 6.07) is 21.2. The first-order valence-corrected chi connectivity index (χ1v) is 23.5. The summed E-state index contributed by atoms with van der Waals surface area (Å²) < 4.78 is 0. The number of rotatable bonds is 27. The van der Waals surface area contributed by atoms with Crippen molar-refractivity contribution in [2.75, 3.05) is 26.2 Å². The lowest BCUT2D eigenvalue weighted by molar-refractivity contribution is 0.448. The van der Waals surface area contributed by atoms with Crippen molar-refractivity contribution in [1.29, 1.82) is 0 Å². The molecule has 0 radical (unpaired) electrons. The maximum atomic E-state index is 6.36. The Kier molecular flexibility index (Phi) is 47.7. The van der Waals surface area contributed by atoms with Gasteiger partial charge in [0.25, 0.3) is 0 Å². The molecule has 0 heterocycles. The van der Waals surface area contributed by atoms with E-state index in [1.165, 1.54) is 23.5 Å². The Morgan fingerprint density at radius 1 is 0.641 bits per heavy atom. The number of benzene rings is 2. The Bertz CT molecular complexity index is 1400. The van der Waals surface area contributed by atoms with E-state index in [1.807, 2.05) is 25.1 Å². The van der Waals surface area contributed by atoms with Crippen molar-refractivity contribution < 1.29 is 0 Å². The first-order valence-electron chi connectivity index (χ1n) is 23.5. The van der Waals surface area contributed by atoms with Gasteiger partial charge in [0.05, 0.1) is 6.04 Å². The fourth-order valence-electron chi connectivity index (χ4n) is 5.91. The number of hydrogen-bond donors (Lipinski definition) is 9. The van der Waals surface area contributed by atoms with Crippen LogP contribution in [0.4, 0.5) is 0 Å². The minimum atomic E-state index is -0.0736. The van der Waals surface area contributed by atoms with Gasteiger partial charge in [-0.1, -0.05) is 153 Å². The molecule has 9 nitrogen and oxygen atoms in total. The number of aryl methyl sites for hydroxylation is 1. The maximum Gasteiger partial charge on any atom is 0.0651 e. The van der Waals surface area contributed by atoms with Crippen LogP contribution in [-0.2, 0) is 6.42 Å². The molecule has 0 aliphatic heterocycles. The third kappa shape index (κ3) is 43.9. The molecule has 14 N–H and O–H groups in total. The third-order valence-electron chi connectivity index (χ3n) is 9.24. The van der Waals surface area contributed by atoms with E-state index in [0.717, 1.165) is 99.6 Å². The van der Waals surface area contributed by atoms with Crippen molar-refractivity contribution >= 4 is 0 Å². The number of nitrogens with one attached hydrogen (secondary N) is 4. The molecule has 5 unspecified atom stereocenters. The number of unbranched alkanes of at least 4 members (excludes halogenated alkanes) is 1. The largest absolute Gasteiger partial charge is 0.405 e. The van der Waals surface area contributed by atoms with Crippen molar-refractivity contribution in [2.24, 2.45) is 52.3 Å². The molecule has 64 heavy (non-hydrogen) atoms. The van der Waals surface area contributed by atoms with Gasteiger partial charge in [0.1, 0.15) is 0 Å². The molecule has 0 spiro atoms. The molecule has 0 fully saturated rings. The van der Waals surface area contributed by atoms with E-state index in [-0.39, 0.29) is 12.1 Å². The van der Waals surface area contributed by atoms with Crippen molar-refractivity contribution in [3.8, 4) is 0 Å². The summed E-state index contributed by atoms with van der Waals surface area (Å²) in [5, 5.41) is 14.4. The number of hydrogen-bond acceptors (Lipinski definition) is 9. The highest BCUT2D eigenvalue weighted by atomic mass is 15.0. The normalized spacial score (nSPS) is 12.2. The predicted octanol–water partition coefficient (Wildman–Crippen LogP) is 10.7. The quantitative estimate of drug-likeness (QED) is 0.0312. The molecular weight excluding hydrogens is 787 g/mol. The van der Waals surface area contributed by atoms with Crippen LogP contribution in [-0.4, -0.2) is 44.3 Å². The average Bonchev–Trinajstić information content (AvgIpc) is 3.23. The highest BCUT2D eigenvalue weighted by Crippen LogP contribution is 2.18. The third-order valence-corrected chi connectivity index (χ3v) is 9.24. The first-order chi connectivity index (χ1) is 30.3. The van der Waals surface area contributed by atoms with Crippen LogP contribution in [0.15, 0.2) is 148 Å². The van der Waals surface area contributed by atoms with Gasteiger partial charge in [0, 0.05) is 53.9 Å². The van der Waals surface area contributed by atoms with Gasteiger partial charge in [-0.15, -0.1) is 6.58 Å². The van der Waals surface area contributed by atoms with Crippen molar-refractivity contribution in [1.82, 2.24) is 21.3 Å². The topological polar surface area (TPSA) is 178 Å². The maximum absolute atomic E-state index is 6.36. The summed E-state index contributed by atoms with van der Waals surface area (Å²) in [6.07, 6.45) is 13.2. The summed E-state index contributed by atoms with van der Waals surface area (Å²) in [4.78, 5) is 0. The van der Waals surface area contributed by atoms with Crippen LogP contribution in [0.5, 0.6) is 0 Å². The van der Waals surface area contributed by atoms with Gasteiger partial charge in [-0.3, -0.25) is 0 Å². The summed E-state index contributed by atoms with van der Waals surface area (Å²) in [5.74, 6) is 2.02. The van der Waals surface area contributed by atoms with Gasteiger partial charge in [-0.25, -0.2) is 0 Å². The first kappa shape index (κ1) is 65.9. The Balaban J connectivity index is -0.000000741. The summed E-state index contributed by atoms with van der Waals surface area (Å²) in [7, 11) is 0. The minimum Gasteiger partial charge on any atom is -0.405 e. The van der Waals surface area contributed by atoms with E-state index in [0.29, 0.717) is 36.9 Å². The van der Waals surface area contributed by atoms with E-state index in [2.05, 4.69) is 177 Å². The predicted molar refractivity (Wildman–Crippen MR) is 289 cm³/mol. The van der Waals surface area contributed by atoms with Gasteiger partial charge in [0.15, 0.2) is 0 Å². The zero-order valence-corrected chi connectivity index (χ0v) is 42.6. The standard InChI is InChI=1S/C37H67N7.C7H8.C4H10.C3H6.2C2H5N/c1-27(2)24-36(40)32(7)44-37(20-15-22-39)33(8)43-29(4)16-12-13-23-41-31(6)35(19-14-21-38)26-42-30(5)28(3)25-34-17-10-9-11-18-34;1-7-5-3-2-4-6-7;1-4(2)3;1-3-2;2*1-2-3/h9-11,17-18,27-29,35-37,41-44H,5-8,12-16,19-26,38-40H2,1-4H3;2-6H,1H3;4H,1-3H3;3H,1H2,2H3;2*2H,1,3H2. The van der Waals surface area contributed by atoms with Crippen LogP contribution in [0.1, 0.15) is 118 Å². The van der Waals surface area contributed by atoms with Gasteiger partial charge in [0.2, 0.25) is 0 Å². The van der Waals surface area contributed by atoms with Gasteiger partial charge < -0.3 is 49.9 Å². The molecule has 0 aromatic heterocycles. The van der Waals surface area contributed by atoms with Crippen molar-refractivity contribution in [3.05, 3.63) is 159 Å². The van der Waals surface area contributed by atoms with Gasteiger partial charge >= 0.3 is 0 Å². The van der Waals surface area contributed by atoms with Gasteiger partial charge in [-0.05, 0) is 127 Å². The van der Waals surface area contributed by atoms with Crippen LogP contribution in [0.25, 0.3) is 0 Å². The second-order valence-electron chi connectivity index (χ2n) is 17.3. The highest BCUT2D eigenvalue weighted by Gasteiger charge is 2.19. The SMILES string of the molecule is C=C(NCC(CCCN)C(=C)NCCCCC(C)NC(=C)C(CCCN)NC(=C)C(N)CC(C)C)C(C)Cc1ccccc1.C=CC.C=CN.C=CN.CC(C)C.Cc1ccccc1. The summed E-state index contributed by atoms with van der Waals surface area (Å²) in [5.41, 5.74) is 33.9. The Hall–Kier alpha value is -4.70. The van der Waals surface area contributed by atoms with Crippen LogP contribution in [0, 0.1) is 30.6 Å². The Morgan fingerprint density at radius 3 is 1.58 bits per heavy atom. The molecule has 366 valence electrons. The van der Waals surface area contributed by atoms with E-state index < -0.39 is 0 Å². The highest BCUT2D eigenvalue weighted by molar-refractivity contribution is 5.18. The molecule has 0 saturated heterocycles. The Labute approximate surface area is 395 Å². The fraction of sp³-hybridized carbons (Fsp3) is 0.527. The lowest BCUT2D eigenvalue weighted by Crippen LogP contribution is -2.43. The molecule has 0 amide bonds. The van der Waals surface area contributed by atoms with Crippen molar-refractivity contribution in [3.63, 3.8) is 0 Å². The zero-order valence-electron chi connectivity index (χ0n) is 42.6. The molecule has 0 aliphatic rings. The van der Waals surface area contributed by atoms with E-state index in [4.69, 9.17) is 17.2 Å². The molecule has 0 bridgehead atoms. The van der Waals surface area contributed by atoms with Gasteiger partial charge in [-0.2, -0.15) is 0 Å². The van der Waals surface area contributed by atoms with E-state index in [9.17, 15) is 0 Å². The minimum absolute atomic E-state index is 0.0631. The molecule has 0 aliphatic carbocycles. The van der Waals surface area contributed by atoms with Crippen LogP contribution in [0.3, 0.4) is 0 Å². The van der Waals surface area contributed by atoms with E-state index in [1.54, 1.807) is 6.08 Å². The summed E-state index contributed by atoms with van der Waals surface area (Å²) in [6.45, 7) is 49.3. The second-order valence-corrected chi connectivity index (χ2v) is 17.3. The molecule has 5 atom stereocenters. The molecule has 2 aromatic carbocycles. The van der Waals surface area contributed by atoms with Crippen LogP contribution >= 0.6 is 0 Å². The summed E-state index contributed by atoms with van der Waals surface area (Å²) >= 11 is 0. The zero-order chi connectivity index (χ0) is 49.7. The average molecular weight is 888 g/mol. The molecule has 9 heteroatoms. The fourth-order valence-corrected chi connectivity index (χ4v) is 5.91. The monoisotopic (exact) mass is 888 g/mol. The second kappa shape index (κ2) is 46.3. The lowest BCUT2D eigenvalue weighted by Gasteiger charge is -2.29. The molecule has 0 saturated carbocycles. The van der Waals surface area contributed by atoms with Crippen LogP contribution in [0.2, 0.25) is 0 Å². The number of nitrogens with two attached hydrogens (primary N) is 5. The molecular formula is C55H101N9. The van der Waals surface area contributed by atoms with E-state index >= 15 is 0 Å². The molecule has 2 rings (SSSR count).